The van der Waals surface area contributed by atoms with Crippen molar-refractivity contribution in [1.82, 2.24) is 4.98 Å². The molecule has 29 heavy (non-hydrogen) atoms. The van der Waals surface area contributed by atoms with E-state index in [1.165, 1.54) is 55.7 Å². The molecule has 1 heterocycles. The van der Waals surface area contributed by atoms with Crippen molar-refractivity contribution in [3.63, 3.8) is 0 Å². The third kappa shape index (κ3) is 2.76. The number of thiazole rings is 1. The Morgan fingerprint density at radius 1 is 1.00 bits per heavy atom. The summed E-state index contributed by atoms with van der Waals surface area (Å²) >= 11 is 1.60. The van der Waals surface area contributed by atoms with Crippen LogP contribution in [-0.4, -0.2) is 10.9 Å². The number of carbonyl (C=O) groups excluding carboxylic acids is 1. The van der Waals surface area contributed by atoms with Crippen LogP contribution in [0.1, 0.15) is 56.6 Å². The van der Waals surface area contributed by atoms with Crippen LogP contribution in [0.25, 0.3) is 10.2 Å². The van der Waals surface area contributed by atoms with Gasteiger partial charge in [-0.25, -0.2) is 4.98 Å². The highest BCUT2D eigenvalue weighted by Crippen LogP contribution is 2.66. The van der Waals surface area contributed by atoms with E-state index in [1.54, 1.807) is 16.9 Å². The van der Waals surface area contributed by atoms with Crippen LogP contribution in [0.4, 0.5) is 5.13 Å². The highest BCUT2D eigenvalue weighted by Gasteiger charge is 2.58. The fourth-order valence-corrected chi connectivity index (χ4v) is 8.14. The fourth-order valence-electron chi connectivity index (χ4n) is 7.19. The van der Waals surface area contributed by atoms with Gasteiger partial charge in [-0.2, -0.15) is 0 Å². The molecular weight excluding hydrogens is 376 g/mol. The molecule has 4 bridgehead atoms. The third-order valence-corrected chi connectivity index (χ3v) is 8.66. The Labute approximate surface area is 175 Å². The zero-order chi connectivity index (χ0) is 19.6. The number of amides is 1. The lowest BCUT2D eigenvalue weighted by Gasteiger charge is -2.62. The van der Waals surface area contributed by atoms with Gasteiger partial charge in [0.15, 0.2) is 5.13 Å². The highest BCUT2D eigenvalue weighted by molar-refractivity contribution is 7.22. The predicted molar refractivity (Wildman–Crippen MR) is 118 cm³/mol. The number of anilines is 1. The topological polar surface area (TPSA) is 42.0 Å². The number of hydrogen-bond donors (Lipinski definition) is 1. The van der Waals surface area contributed by atoms with E-state index in [9.17, 15) is 4.79 Å². The zero-order valence-corrected chi connectivity index (χ0v) is 17.6. The molecule has 0 aliphatic heterocycles. The summed E-state index contributed by atoms with van der Waals surface area (Å²) in [5, 5.41) is 3.55. The molecule has 1 N–H and O–H groups in total. The summed E-state index contributed by atoms with van der Waals surface area (Å²) in [5.74, 6) is 1.64. The first-order valence-electron chi connectivity index (χ1n) is 10.8. The van der Waals surface area contributed by atoms with Gasteiger partial charge in [-0.3, -0.25) is 4.79 Å². The maximum atomic E-state index is 11.4. The summed E-state index contributed by atoms with van der Waals surface area (Å²) in [6.07, 6.45) is 8.10. The van der Waals surface area contributed by atoms with Crippen LogP contribution in [0.2, 0.25) is 0 Å². The second-order valence-corrected chi connectivity index (χ2v) is 10.8. The van der Waals surface area contributed by atoms with Crippen molar-refractivity contribution in [2.75, 3.05) is 5.32 Å². The normalized spacial score (nSPS) is 32.6. The molecule has 148 valence electrons. The molecule has 4 aliphatic carbocycles. The van der Waals surface area contributed by atoms with Gasteiger partial charge >= 0.3 is 0 Å². The first-order chi connectivity index (χ1) is 14.0. The maximum absolute atomic E-state index is 11.4. The second-order valence-electron chi connectivity index (χ2n) is 9.77. The number of benzene rings is 2. The van der Waals surface area contributed by atoms with Gasteiger partial charge in [0.05, 0.1) is 10.2 Å². The minimum Gasteiger partial charge on any atom is -0.302 e. The van der Waals surface area contributed by atoms with Gasteiger partial charge in [-0.1, -0.05) is 47.7 Å². The summed E-state index contributed by atoms with van der Waals surface area (Å²) in [6, 6.07) is 18.2. The molecule has 0 saturated heterocycles. The molecule has 2 aromatic carbocycles. The van der Waals surface area contributed by atoms with Crippen LogP contribution >= 0.6 is 11.3 Å². The molecule has 0 radical (unpaired) electrons. The number of rotatable bonds is 3. The summed E-state index contributed by atoms with van der Waals surface area (Å²) in [6.45, 7) is 1.54. The molecule has 4 aliphatic rings. The van der Waals surface area contributed by atoms with Crippen LogP contribution in [0.15, 0.2) is 48.5 Å². The Bertz CT molecular complexity index is 1090. The van der Waals surface area contributed by atoms with E-state index in [1.807, 2.05) is 0 Å². The molecule has 4 heteroatoms. The average Bonchev–Trinajstić information content (AvgIpc) is 3.08. The minimum absolute atomic E-state index is 0.0600. The quantitative estimate of drug-likeness (QED) is 0.580. The van der Waals surface area contributed by atoms with Gasteiger partial charge in [0.1, 0.15) is 0 Å². The van der Waals surface area contributed by atoms with Gasteiger partial charge in [0.25, 0.3) is 0 Å². The van der Waals surface area contributed by atoms with Gasteiger partial charge in [0, 0.05) is 6.92 Å². The van der Waals surface area contributed by atoms with Crippen LogP contribution < -0.4 is 5.32 Å². The molecule has 2 unspecified atom stereocenters. The summed E-state index contributed by atoms with van der Waals surface area (Å²) in [5.41, 5.74) is 4.70. The first-order valence-corrected chi connectivity index (χ1v) is 11.6. The van der Waals surface area contributed by atoms with E-state index in [4.69, 9.17) is 0 Å². The lowest BCUT2D eigenvalue weighted by atomic mass is 9.42. The SMILES string of the molecule is CC(=O)Nc1nc2ccc(C34CC5CC(CC(c6ccccc6)(C5)C3)C4)cc2s1. The maximum Gasteiger partial charge on any atom is 0.223 e. The smallest absolute Gasteiger partial charge is 0.223 e. The molecular formula is C25H26N2OS. The largest absolute Gasteiger partial charge is 0.302 e. The summed E-state index contributed by atoms with van der Waals surface area (Å²) < 4.78 is 1.19. The van der Waals surface area contributed by atoms with E-state index in [0.29, 0.717) is 16.0 Å². The highest BCUT2D eigenvalue weighted by atomic mass is 32.1. The van der Waals surface area contributed by atoms with Crippen molar-refractivity contribution in [2.24, 2.45) is 11.8 Å². The fraction of sp³-hybridized carbons (Fsp3) is 0.440. The van der Waals surface area contributed by atoms with Gasteiger partial charge in [0.2, 0.25) is 5.91 Å². The predicted octanol–water partition coefficient (Wildman–Crippen LogP) is 6.04. The number of aromatic nitrogens is 1. The van der Waals surface area contributed by atoms with Crippen molar-refractivity contribution in [3.05, 3.63) is 59.7 Å². The Morgan fingerprint density at radius 3 is 2.38 bits per heavy atom. The van der Waals surface area contributed by atoms with Crippen molar-refractivity contribution in [2.45, 2.75) is 56.3 Å². The zero-order valence-electron chi connectivity index (χ0n) is 16.8. The van der Waals surface area contributed by atoms with Gasteiger partial charge < -0.3 is 5.32 Å². The Hall–Kier alpha value is -2.20. The molecule has 2 atom stereocenters. The molecule has 1 amide bonds. The number of carbonyl (C=O) groups is 1. The number of fused-ring (bicyclic) bond motifs is 1. The number of nitrogens with one attached hydrogen (secondary N) is 1. The Kier molecular flexibility index (Phi) is 3.74. The van der Waals surface area contributed by atoms with Crippen molar-refractivity contribution in [3.8, 4) is 0 Å². The number of nitrogens with zero attached hydrogens (tertiary/aromatic N) is 1. The van der Waals surface area contributed by atoms with E-state index >= 15 is 0 Å². The van der Waals surface area contributed by atoms with Crippen LogP contribution in [0, 0.1) is 11.8 Å². The molecule has 7 rings (SSSR count). The summed E-state index contributed by atoms with van der Waals surface area (Å²) in [7, 11) is 0. The van der Waals surface area contributed by atoms with Gasteiger partial charge in [-0.05, 0) is 84.5 Å². The van der Waals surface area contributed by atoms with Gasteiger partial charge in [-0.15, -0.1) is 0 Å². The molecule has 4 fully saturated rings. The van der Waals surface area contributed by atoms with Crippen molar-refractivity contribution >= 4 is 32.6 Å². The van der Waals surface area contributed by atoms with Crippen LogP contribution in [-0.2, 0) is 15.6 Å². The minimum atomic E-state index is -0.0600. The van der Waals surface area contributed by atoms with E-state index in [2.05, 4.69) is 58.8 Å². The lowest BCUT2D eigenvalue weighted by Crippen LogP contribution is -2.55. The molecule has 1 aromatic heterocycles. The molecule has 0 spiro atoms. The van der Waals surface area contributed by atoms with Crippen molar-refractivity contribution < 1.29 is 4.79 Å². The second kappa shape index (κ2) is 6.15. The Morgan fingerprint density at radius 2 is 1.69 bits per heavy atom. The van der Waals surface area contributed by atoms with Crippen LogP contribution in [0.3, 0.4) is 0 Å². The van der Waals surface area contributed by atoms with Crippen molar-refractivity contribution in [1.29, 1.82) is 0 Å². The molecule has 3 aromatic rings. The average molecular weight is 403 g/mol. The summed E-state index contributed by atoms with van der Waals surface area (Å²) in [4.78, 5) is 16.0. The molecule has 3 nitrogen and oxygen atoms in total. The van der Waals surface area contributed by atoms with Crippen LogP contribution in [0.5, 0.6) is 0 Å². The Balaban J connectivity index is 1.42. The monoisotopic (exact) mass is 402 g/mol. The van der Waals surface area contributed by atoms with E-state index in [0.717, 1.165) is 17.4 Å². The van der Waals surface area contributed by atoms with E-state index in [-0.39, 0.29) is 5.91 Å². The number of hydrogen-bond acceptors (Lipinski definition) is 3. The third-order valence-electron chi connectivity index (χ3n) is 7.73. The standard InChI is InChI=1S/C25H26N2OS/c1-16(28)26-23-27-21-8-7-20(10-22(21)29-23)25-13-17-9-18(14-25)12-24(11-17,15-25)19-5-3-2-4-6-19/h2-8,10,17-18H,9,11-15H2,1H3,(H,26,27,28). The lowest BCUT2D eigenvalue weighted by molar-refractivity contribution is -0.114. The molecule has 4 saturated carbocycles. The van der Waals surface area contributed by atoms with E-state index < -0.39 is 0 Å². The first kappa shape index (κ1) is 17.6.